The first kappa shape index (κ1) is 16.0. The van der Waals surface area contributed by atoms with E-state index < -0.39 is 12.6 Å². The molecule has 1 aromatic rings. The summed E-state index contributed by atoms with van der Waals surface area (Å²) in [6, 6.07) is 5.34. The first-order chi connectivity index (χ1) is 9.47. The lowest BCUT2D eigenvalue weighted by molar-refractivity contribution is -0.115. The summed E-state index contributed by atoms with van der Waals surface area (Å²) in [6.07, 6.45) is 0.0371. The summed E-state index contributed by atoms with van der Waals surface area (Å²) >= 11 is 0. The summed E-state index contributed by atoms with van der Waals surface area (Å²) in [5, 5.41) is 11.2. The number of likely N-dealkylation sites (N-methyl/N-ethyl adjacent to an activating group) is 1. The standard InChI is InChI=1S/C14H20N2O4/c1-9(2)19-11-6-5-10(3)12(7-11)20-14(16-8-17)13(18)15-4/h5-7,9,17H,8H2,1-4H3,(H,15,18)/b16-14-. The van der Waals surface area contributed by atoms with E-state index in [1.165, 1.54) is 7.05 Å². The van der Waals surface area contributed by atoms with E-state index in [0.717, 1.165) is 5.56 Å². The van der Waals surface area contributed by atoms with Crippen LogP contribution in [0.5, 0.6) is 11.5 Å². The van der Waals surface area contributed by atoms with E-state index in [9.17, 15) is 4.79 Å². The van der Waals surface area contributed by atoms with Crippen molar-refractivity contribution in [1.82, 2.24) is 5.32 Å². The van der Waals surface area contributed by atoms with Crippen LogP contribution in [-0.4, -0.2) is 36.8 Å². The molecule has 20 heavy (non-hydrogen) atoms. The number of amides is 1. The number of aliphatic imine (C=N–C) groups is 1. The summed E-state index contributed by atoms with van der Waals surface area (Å²) in [6.45, 7) is 5.16. The summed E-state index contributed by atoms with van der Waals surface area (Å²) in [4.78, 5) is 15.2. The number of hydrogen-bond donors (Lipinski definition) is 2. The molecule has 1 aromatic carbocycles. The molecule has 0 bridgehead atoms. The van der Waals surface area contributed by atoms with Crippen LogP contribution in [0, 0.1) is 6.92 Å². The number of nitrogens with one attached hydrogen (secondary N) is 1. The van der Waals surface area contributed by atoms with Crippen molar-refractivity contribution in [3.63, 3.8) is 0 Å². The van der Waals surface area contributed by atoms with Crippen LogP contribution in [0.15, 0.2) is 23.2 Å². The molecular weight excluding hydrogens is 260 g/mol. The van der Waals surface area contributed by atoms with Crippen molar-refractivity contribution < 1.29 is 19.4 Å². The molecule has 0 spiro atoms. The zero-order valence-electron chi connectivity index (χ0n) is 12.1. The summed E-state index contributed by atoms with van der Waals surface area (Å²) in [7, 11) is 1.46. The van der Waals surface area contributed by atoms with Crippen LogP contribution in [0.1, 0.15) is 19.4 Å². The van der Waals surface area contributed by atoms with Gasteiger partial charge in [0.05, 0.1) is 6.10 Å². The Morgan fingerprint density at radius 2 is 2.15 bits per heavy atom. The Bertz CT molecular complexity index is 498. The van der Waals surface area contributed by atoms with Gasteiger partial charge in [-0.05, 0) is 32.4 Å². The lowest BCUT2D eigenvalue weighted by atomic mass is 10.2. The Labute approximate surface area is 118 Å². The molecular formula is C14H20N2O4. The molecule has 0 atom stereocenters. The quantitative estimate of drug-likeness (QED) is 0.642. The summed E-state index contributed by atoms with van der Waals surface area (Å²) in [5.41, 5.74) is 0.829. The van der Waals surface area contributed by atoms with E-state index in [2.05, 4.69) is 10.3 Å². The minimum absolute atomic E-state index is 0.0371. The molecule has 0 unspecified atom stereocenters. The zero-order chi connectivity index (χ0) is 15.1. The molecule has 0 aliphatic rings. The third kappa shape index (κ3) is 4.55. The average Bonchev–Trinajstić information content (AvgIpc) is 2.40. The van der Waals surface area contributed by atoms with Gasteiger partial charge >= 0.3 is 5.91 Å². The van der Waals surface area contributed by atoms with Crippen molar-refractivity contribution in [3.05, 3.63) is 23.8 Å². The monoisotopic (exact) mass is 280 g/mol. The van der Waals surface area contributed by atoms with Crippen molar-refractivity contribution >= 4 is 11.8 Å². The molecule has 0 saturated heterocycles. The largest absolute Gasteiger partial charge is 0.491 e. The number of carbonyl (C=O) groups excluding carboxylic acids is 1. The lowest BCUT2D eigenvalue weighted by Gasteiger charge is -2.14. The highest BCUT2D eigenvalue weighted by Gasteiger charge is 2.14. The number of hydrogen-bond acceptors (Lipinski definition) is 5. The third-order valence-corrected chi connectivity index (χ3v) is 2.37. The van der Waals surface area contributed by atoms with Crippen LogP contribution in [0.25, 0.3) is 0 Å². The first-order valence-corrected chi connectivity index (χ1v) is 6.30. The minimum atomic E-state index is -0.524. The van der Waals surface area contributed by atoms with Crippen molar-refractivity contribution in [2.45, 2.75) is 26.9 Å². The number of nitrogens with zero attached hydrogens (tertiary/aromatic N) is 1. The maximum atomic E-state index is 11.6. The highest BCUT2D eigenvalue weighted by molar-refractivity contribution is 6.35. The van der Waals surface area contributed by atoms with E-state index in [4.69, 9.17) is 14.6 Å². The third-order valence-electron chi connectivity index (χ3n) is 2.37. The fourth-order valence-electron chi connectivity index (χ4n) is 1.46. The number of benzene rings is 1. The van der Waals surface area contributed by atoms with Crippen LogP contribution in [0.2, 0.25) is 0 Å². The molecule has 0 saturated carbocycles. The SMILES string of the molecule is CNC(=O)/C(=N/CO)Oc1cc(OC(C)C)ccc1C. The van der Waals surface area contributed by atoms with Gasteiger partial charge in [0.2, 0.25) is 0 Å². The summed E-state index contributed by atoms with van der Waals surface area (Å²) < 4.78 is 11.0. The number of aryl methyl sites for hydroxylation is 1. The molecule has 110 valence electrons. The number of rotatable bonds is 4. The van der Waals surface area contributed by atoms with E-state index in [0.29, 0.717) is 11.5 Å². The van der Waals surface area contributed by atoms with Gasteiger partial charge in [-0.25, -0.2) is 4.99 Å². The highest BCUT2D eigenvalue weighted by Crippen LogP contribution is 2.25. The van der Waals surface area contributed by atoms with Gasteiger partial charge in [0.1, 0.15) is 18.2 Å². The van der Waals surface area contributed by atoms with Crippen LogP contribution in [0.4, 0.5) is 0 Å². The second-order valence-electron chi connectivity index (χ2n) is 4.38. The van der Waals surface area contributed by atoms with Crippen LogP contribution in [-0.2, 0) is 4.79 Å². The van der Waals surface area contributed by atoms with Crippen LogP contribution < -0.4 is 14.8 Å². The van der Waals surface area contributed by atoms with Gasteiger partial charge in [-0.3, -0.25) is 4.79 Å². The Balaban J connectivity index is 2.99. The van der Waals surface area contributed by atoms with Gasteiger partial charge in [0.25, 0.3) is 5.90 Å². The van der Waals surface area contributed by atoms with Gasteiger partial charge < -0.3 is 19.9 Å². The molecule has 6 heteroatoms. The molecule has 0 aromatic heterocycles. The molecule has 0 aliphatic heterocycles. The second kappa shape index (κ2) is 7.49. The molecule has 0 heterocycles. The topological polar surface area (TPSA) is 80.2 Å². The first-order valence-electron chi connectivity index (χ1n) is 6.30. The van der Waals surface area contributed by atoms with Crippen molar-refractivity contribution in [1.29, 1.82) is 0 Å². The van der Waals surface area contributed by atoms with E-state index in [-0.39, 0.29) is 12.0 Å². The van der Waals surface area contributed by atoms with Gasteiger partial charge in [0, 0.05) is 13.1 Å². The molecule has 1 amide bonds. The zero-order valence-corrected chi connectivity index (χ0v) is 12.1. The van der Waals surface area contributed by atoms with Crippen molar-refractivity contribution in [2.75, 3.05) is 13.8 Å². The van der Waals surface area contributed by atoms with E-state index in [1.54, 1.807) is 6.07 Å². The molecule has 0 fully saturated rings. The summed E-state index contributed by atoms with van der Waals surface area (Å²) in [5.74, 6) is 0.397. The van der Waals surface area contributed by atoms with Gasteiger partial charge in [0.15, 0.2) is 0 Å². The van der Waals surface area contributed by atoms with Crippen LogP contribution >= 0.6 is 0 Å². The smallest absolute Gasteiger partial charge is 0.306 e. The average molecular weight is 280 g/mol. The van der Waals surface area contributed by atoms with Gasteiger partial charge in [-0.1, -0.05) is 6.07 Å². The molecule has 6 nitrogen and oxygen atoms in total. The minimum Gasteiger partial charge on any atom is -0.491 e. The van der Waals surface area contributed by atoms with Gasteiger partial charge in [-0.2, -0.15) is 0 Å². The van der Waals surface area contributed by atoms with Crippen molar-refractivity contribution in [2.24, 2.45) is 4.99 Å². The van der Waals surface area contributed by atoms with Crippen molar-refractivity contribution in [3.8, 4) is 11.5 Å². The Morgan fingerprint density at radius 3 is 2.70 bits per heavy atom. The Hall–Kier alpha value is -2.08. The molecule has 0 radical (unpaired) electrons. The Kier molecular flexibility index (Phi) is 5.99. The predicted octanol–water partition coefficient (Wildman–Crippen LogP) is 1.26. The number of aliphatic hydroxyl groups is 1. The molecule has 1 rings (SSSR count). The lowest BCUT2D eigenvalue weighted by Crippen LogP contribution is -2.32. The fourth-order valence-corrected chi connectivity index (χ4v) is 1.46. The number of ether oxygens (including phenoxy) is 2. The number of carbonyl (C=O) groups is 1. The van der Waals surface area contributed by atoms with E-state index >= 15 is 0 Å². The molecule has 0 aliphatic carbocycles. The predicted molar refractivity (Wildman–Crippen MR) is 76.2 cm³/mol. The van der Waals surface area contributed by atoms with Gasteiger partial charge in [-0.15, -0.1) is 0 Å². The second-order valence-corrected chi connectivity index (χ2v) is 4.38. The highest BCUT2D eigenvalue weighted by atomic mass is 16.5. The Morgan fingerprint density at radius 1 is 1.45 bits per heavy atom. The van der Waals surface area contributed by atoms with E-state index in [1.807, 2.05) is 32.9 Å². The molecule has 2 N–H and O–H groups in total. The maximum Gasteiger partial charge on any atom is 0.306 e. The fraction of sp³-hybridized carbons (Fsp3) is 0.429. The maximum absolute atomic E-state index is 11.6. The normalized spacial score (nSPS) is 11.4. The number of aliphatic hydroxyl groups excluding tert-OH is 1. The van der Waals surface area contributed by atoms with Crippen LogP contribution in [0.3, 0.4) is 0 Å².